The van der Waals surface area contributed by atoms with E-state index in [2.05, 4.69) is 16.4 Å². The molecule has 2 aromatic carbocycles. The van der Waals surface area contributed by atoms with E-state index >= 15 is 0 Å². The number of benzene rings is 2. The number of hydrogen-bond acceptors (Lipinski definition) is 2. The number of fused-ring (bicyclic) bond motifs is 1. The van der Waals surface area contributed by atoms with E-state index in [1.807, 2.05) is 56.3 Å². The van der Waals surface area contributed by atoms with E-state index in [4.69, 9.17) is 0 Å². The first-order valence-corrected chi connectivity index (χ1v) is 8.01. The van der Waals surface area contributed by atoms with Crippen molar-refractivity contribution in [1.29, 1.82) is 0 Å². The predicted molar refractivity (Wildman–Crippen MR) is 97.4 cm³/mol. The molecular weight excluding hydrogens is 300 g/mol. The fourth-order valence-electron chi connectivity index (χ4n) is 2.90. The van der Waals surface area contributed by atoms with Crippen LogP contribution in [0.3, 0.4) is 0 Å². The molecule has 3 rings (SSSR count). The highest BCUT2D eigenvalue weighted by Crippen LogP contribution is 2.19. The Hall–Kier alpha value is -2.88. The van der Waals surface area contributed by atoms with Gasteiger partial charge in [0.2, 0.25) is 5.91 Å². The Kier molecular flexibility index (Phi) is 4.47. The number of aromatic nitrogens is 1. The van der Waals surface area contributed by atoms with E-state index in [0.29, 0.717) is 12.0 Å². The summed E-state index contributed by atoms with van der Waals surface area (Å²) in [5.74, 6) is -0.0960. The van der Waals surface area contributed by atoms with Gasteiger partial charge in [-0.2, -0.15) is 0 Å². The van der Waals surface area contributed by atoms with Crippen LogP contribution in [0.2, 0.25) is 0 Å². The molecule has 0 bridgehead atoms. The average molecular weight is 320 g/mol. The maximum absolute atomic E-state index is 12.2. The van der Waals surface area contributed by atoms with Crippen molar-refractivity contribution in [2.24, 2.45) is 0 Å². The second-order valence-corrected chi connectivity index (χ2v) is 6.08. The number of hydrogen-bond donors (Lipinski definition) is 2. The quantitative estimate of drug-likeness (QED) is 0.769. The summed E-state index contributed by atoms with van der Waals surface area (Å²) in [4.78, 5) is 27.2. The molecule has 0 saturated carbocycles. The third-order valence-electron chi connectivity index (χ3n) is 4.07. The van der Waals surface area contributed by atoms with Crippen molar-refractivity contribution in [2.75, 3.05) is 5.32 Å². The van der Waals surface area contributed by atoms with Gasteiger partial charge in [-0.25, -0.2) is 0 Å². The Morgan fingerprint density at radius 3 is 2.58 bits per heavy atom. The maximum Gasteiger partial charge on any atom is 0.251 e. The number of H-pyrrole nitrogens is 1. The largest absolute Gasteiger partial charge is 0.326 e. The molecule has 3 aromatic rings. The summed E-state index contributed by atoms with van der Waals surface area (Å²) >= 11 is 0. The number of carbonyl (C=O) groups excluding carboxylic acids is 1. The van der Waals surface area contributed by atoms with Gasteiger partial charge >= 0.3 is 0 Å². The van der Waals surface area contributed by atoms with Crippen molar-refractivity contribution in [3.8, 4) is 0 Å². The van der Waals surface area contributed by atoms with Crippen molar-refractivity contribution < 1.29 is 4.79 Å². The van der Waals surface area contributed by atoms with E-state index in [1.54, 1.807) is 0 Å². The van der Waals surface area contributed by atoms with Crippen LogP contribution < -0.4 is 10.9 Å². The van der Waals surface area contributed by atoms with E-state index < -0.39 is 0 Å². The Labute approximate surface area is 140 Å². The Morgan fingerprint density at radius 1 is 1.08 bits per heavy atom. The Bertz CT molecular complexity index is 943. The summed E-state index contributed by atoms with van der Waals surface area (Å²) in [5.41, 5.74) is 4.36. The normalized spacial score (nSPS) is 10.8. The lowest BCUT2D eigenvalue weighted by atomic mass is 10.0. The fraction of sp³-hybridized carbons (Fsp3) is 0.200. The highest BCUT2D eigenvalue weighted by Gasteiger charge is 2.08. The van der Waals surface area contributed by atoms with Gasteiger partial charge in [0.1, 0.15) is 0 Å². The minimum absolute atomic E-state index is 0.0960. The smallest absolute Gasteiger partial charge is 0.251 e. The van der Waals surface area contributed by atoms with Crippen LogP contribution in [0.15, 0.2) is 53.3 Å². The zero-order chi connectivity index (χ0) is 17.1. The number of nitrogens with one attached hydrogen (secondary N) is 2. The van der Waals surface area contributed by atoms with Crippen LogP contribution in [-0.4, -0.2) is 10.9 Å². The molecule has 1 aromatic heterocycles. The minimum atomic E-state index is -0.125. The number of para-hydroxylation sites is 1. The molecule has 4 nitrogen and oxygen atoms in total. The van der Waals surface area contributed by atoms with Crippen molar-refractivity contribution >= 4 is 22.5 Å². The number of carbonyl (C=O) groups is 1. The molecule has 0 unspecified atom stereocenters. The molecule has 122 valence electrons. The minimum Gasteiger partial charge on any atom is -0.326 e. The Balaban J connectivity index is 1.76. The van der Waals surface area contributed by atoms with Crippen molar-refractivity contribution in [1.82, 2.24) is 4.98 Å². The van der Waals surface area contributed by atoms with Crippen LogP contribution in [-0.2, 0) is 11.2 Å². The molecule has 0 aliphatic carbocycles. The number of rotatable bonds is 4. The van der Waals surface area contributed by atoms with Gasteiger partial charge in [0.15, 0.2) is 0 Å². The van der Waals surface area contributed by atoms with Crippen LogP contribution >= 0.6 is 0 Å². The van der Waals surface area contributed by atoms with Crippen molar-refractivity contribution in [3.05, 3.63) is 75.6 Å². The second-order valence-electron chi connectivity index (χ2n) is 6.08. The topological polar surface area (TPSA) is 62.0 Å². The number of anilines is 1. The molecule has 0 saturated heterocycles. The highest BCUT2D eigenvalue weighted by molar-refractivity contribution is 5.91. The van der Waals surface area contributed by atoms with E-state index in [9.17, 15) is 9.59 Å². The maximum atomic E-state index is 12.2. The SMILES string of the molecule is Cc1cc(C)c2cc(CCC(=O)Nc3ccccc3)c(=O)[nH]c2c1. The number of aryl methyl sites for hydroxylation is 3. The molecule has 2 N–H and O–H groups in total. The first-order chi connectivity index (χ1) is 11.5. The van der Waals surface area contributed by atoms with E-state index in [0.717, 1.165) is 27.7 Å². The zero-order valence-electron chi connectivity index (χ0n) is 13.8. The molecule has 0 aliphatic rings. The van der Waals surface area contributed by atoms with Gasteiger partial charge in [-0.1, -0.05) is 24.3 Å². The zero-order valence-corrected chi connectivity index (χ0v) is 13.8. The van der Waals surface area contributed by atoms with Crippen LogP contribution in [0, 0.1) is 13.8 Å². The first kappa shape index (κ1) is 16.0. The predicted octanol–water partition coefficient (Wildman–Crippen LogP) is 3.72. The number of pyridine rings is 1. The Morgan fingerprint density at radius 2 is 1.83 bits per heavy atom. The van der Waals surface area contributed by atoms with Gasteiger partial charge in [-0.05, 0) is 55.7 Å². The standard InChI is InChI=1S/C20H20N2O2/c1-13-10-14(2)17-12-15(20(24)22-18(17)11-13)8-9-19(23)21-16-6-4-3-5-7-16/h3-7,10-12H,8-9H2,1-2H3,(H,21,23)(H,22,24). The lowest BCUT2D eigenvalue weighted by Crippen LogP contribution is -2.17. The molecule has 24 heavy (non-hydrogen) atoms. The van der Waals surface area contributed by atoms with Crippen molar-refractivity contribution in [2.45, 2.75) is 26.7 Å². The van der Waals surface area contributed by atoms with Crippen LogP contribution in [0.4, 0.5) is 5.69 Å². The van der Waals surface area contributed by atoms with Crippen LogP contribution in [0.1, 0.15) is 23.1 Å². The van der Waals surface area contributed by atoms with Crippen LogP contribution in [0.5, 0.6) is 0 Å². The molecule has 1 amide bonds. The summed E-state index contributed by atoms with van der Waals surface area (Å²) in [5, 5.41) is 3.86. The van der Waals surface area contributed by atoms with E-state index in [1.165, 1.54) is 0 Å². The summed E-state index contributed by atoms with van der Waals surface area (Å²) in [6, 6.07) is 15.3. The third kappa shape index (κ3) is 3.54. The molecule has 0 radical (unpaired) electrons. The van der Waals surface area contributed by atoms with Gasteiger partial charge in [0.25, 0.3) is 5.56 Å². The highest BCUT2D eigenvalue weighted by atomic mass is 16.1. The first-order valence-electron chi connectivity index (χ1n) is 8.01. The number of amides is 1. The lowest BCUT2D eigenvalue weighted by molar-refractivity contribution is -0.116. The summed E-state index contributed by atoms with van der Waals surface area (Å²) < 4.78 is 0. The van der Waals surface area contributed by atoms with Crippen molar-refractivity contribution in [3.63, 3.8) is 0 Å². The van der Waals surface area contributed by atoms with Gasteiger partial charge in [0.05, 0.1) is 0 Å². The van der Waals surface area contributed by atoms with Crippen LogP contribution in [0.25, 0.3) is 10.9 Å². The average Bonchev–Trinajstić information content (AvgIpc) is 2.54. The molecular formula is C20H20N2O2. The monoisotopic (exact) mass is 320 g/mol. The third-order valence-corrected chi connectivity index (χ3v) is 4.07. The molecule has 1 heterocycles. The summed E-state index contributed by atoms with van der Waals surface area (Å²) in [6.45, 7) is 4.03. The van der Waals surface area contributed by atoms with Gasteiger partial charge in [-0.3, -0.25) is 9.59 Å². The number of aromatic amines is 1. The van der Waals surface area contributed by atoms with Gasteiger partial charge < -0.3 is 10.3 Å². The fourth-order valence-corrected chi connectivity index (χ4v) is 2.90. The summed E-state index contributed by atoms with van der Waals surface area (Å²) in [7, 11) is 0. The molecule has 0 atom stereocenters. The van der Waals surface area contributed by atoms with Gasteiger partial charge in [0, 0.05) is 28.6 Å². The molecule has 0 fully saturated rings. The molecule has 4 heteroatoms. The molecule has 0 aliphatic heterocycles. The lowest BCUT2D eigenvalue weighted by Gasteiger charge is -2.08. The molecule has 0 spiro atoms. The van der Waals surface area contributed by atoms with E-state index in [-0.39, 0.29) is 17.9 Å². The second kappa shape index (κ2) is 6.71. The summed E-state index contributed by atoms with van der Waals surface area (Å²) in [6.07, 6.45) is 0.686. The van der Waals surface area contributed by atoms with Gasteiger partial charge in [-0.15, -0.1) is 0 Å².